The Morgan fingerprint density at radius 2 is 1.76 bits per heavy atom. The van der Waals surface area contributed by atoms with Gasteiger partial charge in [-0.1, -0.05) is 41.9 Å². The van der Waals surface area contributed by atoms with Crippen LogP contribution in [0.1, 0.15) is 16.7 Å². The van der Waals surface area contributed by atoms with Crippen LogP contribution in [0.25, 0.3) is 0 Å². The molecule has 2 aromatic carbocycles. The van der Waals surface area contributed by atoms with Gasteiger partial charge < -0.3 is 15.8 Å². The molecule has 0 bridgehead atoms. The fourth-order valence-electron chi connectivity index (χ4n) is 2.46. The Hall–Kier alpha value is -2.79. The first-order valence-electron chi connectivity index (χ1n) is 7.87. The van der Waals surface area contributed by atoms with Crippen molar-refractivity contribution in [2.75, 3.05) is 11.1 Å². The minimum atomic E-state index is 0.312. The molecule has 0 spiro atoms. The van der Waals surface area contributed by atoms with Gasteiger partial charge in [0.2, 0.25) is 5.88 Å². The quantitative estimate of drug-likeness (QED) is 0.692. The first kappa shape index (κ1) is 17.0. The Kier molecular flexibility index (Phi) is 5.05. The summed E-state index contributed by atoms with van der Waals surface area (Å²) in [5, 5.41) is 3.94. The molecule has 0 radical (unpaired) electrons. The number of hydrogen-bond donors (Lipinski definition) is 2. The lowest BCUT2D eigenvalue weighted by molar-refractivity contribution is 0.464. The Morgan fingerprint density at radius 3 is 2.44 bits per heavy atom. The molecule has 0 aliphatic carbocycles. The fraction of sp³-hybridized carbons (Fsp3) is 0.158. The van der Waals surface area contributed by atoms with E-state index in [9.17, 15) is 0 Å². The monoisotopic (exact) mass is 354 g/mol. The van der Waals surface area contributed by atoms with Crippen LogP contribution in [0.3, 0.4) is 0 Å². The molecule has 6 heteroatoms. The molecule has 25 heavy (non-hydrogen) atoms. The number of nitrogens with zero attached hydrogens (tertiary/aromatic N) is 2. The number of ether oxygens (including phenoxy) is 1. The van der Waals surface area contributed by atoms with E-state index in [1.54, 1.807) is 0 Å². The van der Waals surface area contributed by atoms with Gasteiger partial charge in [0.05, 0.1) is 0 Å². The van der Waals surface area contributed by atoms with Gasteiger partial charge in [0.15, 0.2) is 5.82 Å². The highest BCUT2D eigenvalue weighted by Crippen LogP contribution is 2.32. The molecule has 0 fully saturated rings. The van der Waals surface area contributed by atoms with Gasteiger partial charge >= 0.3 is 0 Å². The van der Waals surface area contributed by atoms with Crippen molar-refractivity contribution in [1.29, 1.82) is 0 Å². The van der Waals surface area contributed by atoms with Gasteiger partial charge in [-0.25, -0.2) is 4.98 Å². The summed E-state index contributed by atoms with van der Waals surface area (Å²) in [5.74, 6) is 1.49. The third kappa shape index (κ3) is 4.00. The maximum absolute atomic E-state index is 6.19. The van der Waals surface area contributed by atoms with Crippen molar-refractivity contribution in [1.82, 2.24) is 9.97 Å². The summed E-state index contributed by atoms with van der Waals surface area (Å²) in [6, 6.07) is 13.7. The summed E-state index contributed by atoms with van der Waals surface area (Å²) >= 11 is 6.19. The first-order chi connectivity index (χ1) is 12.0. The third-order valence-corrected chi connectivity index (χ3v) is 4.37. The van der Waals surface area contributed by atoms with Gasteiger partial charge in [-0.3, -0.25) is 0 Å². The topological polar surface area (TPSA) is 73.1 Å². The molecular weight excluding hydrogens is 336 g/mol. The maximum atomic E-state index is 6.19. The van der Waals surface area contributed by atoms with E-state index >= 15 is 0 Å². The minimum Gasteiger partial charge on any atom is -0.437 e. The van der Waals surface area contributed by atoms with E-state index in [0.29, 0.717) is 29.7 Å². The molecule has 1 aromatic heterocycles. The summed E-state index contributed by atoms with van der Waals surface area (Å²) in [6.07, 6.45) is 1.43. The van der Waals surface area contributed by atoms with E-state index in [1.165, 1.54) is 6.33 Å². The molecule has 3 rings (SSSR count). The molecule has 3 aromatic rings. The van der Waals surface area contributed by atoms with E-state index in [4.69, 9.17) is 22.1 Å². The molecule has 0 aliphatic rings. The number of benzene rings is 2. The van der Waals surface area contributed by atoms with Gasteiger partial charge in [-0.05, 0) is 42.7 Å². The Labute approximate surface area is 151 Å². The van der Waals surface area contributed by atoms with Crippen LogP contribution < -0.4 is 15.8 Å². The lowest BCUT2D eigenvalue weighted by Crippen LogP contribution is -2.06. The highest BCUT2D eigenvalue weighted by molar-refractivity contribution is 6.32. The van der Waals surface area contributed by atoms with Crippen molar-refractivity contribution in [2.24, 2.45) is 0 Å². The number of nitrogens with one attached hydrogen (secondary N) is 1. The van der Waals surface area contributed by atoms with Crippen molar-refractivity contribution < 1.29 is 4.74 Å². The van der Waals surface area contributed by atoms with Crippen LogP contribution in [-0.4, -0.2) is 9.97 Å². The molecule has 0 unspecified atom stereocenters. The van der Waals surface area contributed by atoms with Crippen molar-refractivity contribution in [3.05, 3.63) is 70.5 Å². The van der Waals surface area contributed by atoms with Crippen molar-refractivity contribution in [3.63, 3.8) is 0 Å². The number of anilines is 2. The molecule has 3 N–H and O–H groups in total. The van der Waals surface area contributed by atoms with Crippen LogP contribution in [0.15, 0.2) is 48.8 Å². The van der Waals surface area contributed by atoms with Gasteiger partial charge in [0.1, 0.15) is 17.8 Å². The summed E-state index contributed by atoms with van der Waals surface area (Å²) in [5.41, 5.74) is 9.53. The van der Waals surface area contributed by atoms with Crippen molar-refractivity contribution in [2.45, 2.75) is 20.4 Å². The van der Waals surface area contributed by atoms with Gasteiger partial charge in [0.25, 0.3) is 0 Å². The SMILES string of the molecule is Cc1cc(Oc2ncnc(NCc3ccccc3)c2N)cc(C)c1Cl. The van der Waals surface area contributed by atoms with Crippen molar-refractivity contribution >= 4 is 23.1 Å². The van der Waals surface area contributed by atoms with E-state index < -0.39 is 0 Å². The molecule has 128 valence electrons. The molecule has 1 heterocycles. The van der Waals surface area contributed by atoms with Crippen LogP contribution in [0.2, 0.25) is 5.02 Å². The van der Waals surface area contributed by atoms with Gasteiger partial charge in [-0.15, -0.1) is 0 Å². The predicted octanol–water partition coefficient (Wildman–Crippen LogP) is 4.73. The van der Waals surface area contributed by atoms with Crippen LogP contribution in [0, 0.1) is 13.8 Å². The minimum absolute atomic E-state index is 0.312. The molecule has 0 saturated heterocycles. The predicted molar refractivity (Wildman–Crippen MR) is 101 cm³/mol. The van der Waals surface area contributed by atoms with Crippen LogP contribution in [0.5, 0.6) is 11.6 Å². The molecular formula is C19H19ClN4O. The summed E-state index contributed by atoms with van der Waals surface area (Å²) in [6.45, 7) is 4.47. The number of rotatable bonds is 5. The number of aromatic nitrogens is 2. The fourth-order valence-corrected chi connectivity index (χ4v) is 2.57. The lowest BCUT2D eigenvalue weighted by atomic mass is 10.1. The average molecular weight is 355 g/mol. The largest absolute Gasteiger partial charge is 0.437 e. The smallest absolute Gasteiger partial charge is 0.248 e. The van der Waals surface area contributed by atoms with Gasteiger partial charge in [0, 0.05) is 11.6 Å². The zero-order valence-corrected chi connectivity index (χ0v) is 14.8. The molecule has 0 aliphatic heterocycles. The standard InChI is InChI=1S/C19H19ClN4O/c1-12-8-15(9-13(2)16(12)20)25-19-17(21)18(23-11-24-19)22-10-14-6-4-3-5-7-14/h3-9,11H,10,21H2,1-2H3,(H,22,23,24). The van der Waals surface area contributed by atoms with Crippen molar-refractivity contribution in [3.8, 4) is 11.6 Å². The zero-order valence-electron chi connectivity index (χ0n) is 14.1. The normalized spacial score (nSPS) is 10.5. The second-order valence-corrected chi connectivity index (χ2v) is 6.13. The number of hydrogen-bond acceptors (Lipinski definition) is 5. The third-order valence-electron chi connectivity index (χ3n) is 3.77. The van der Waals surface area contributed by atoms with E-state index in [0.717, 1.165) is 21.7 Å². The van der Waals surface area contributed by atoms with E-state index in [2.05, 4.69) is 15.3 Å². The van der Waals surface area contributed by atoms with E-state index in [-0.39, 0.29) is 0 Å². The molecule has 5 nitrogen and oxygen atoms in total. The number of aryl methyl sites for hydroxylation is 2. The summed E-state index contributed by atoms with van der Waals surface area (Å²) in [7, 11) is 0. The van der Waals surface area contributed by atoms with Crippen LogP contribution >= 0.6 is 11.6 Å². The number of halogens is 1. The maximum Gasteiger partial charge on any atom is 0.248 e. The first-order valence-corrected chi connectivity index (χ1v) is 8.25. The average Bonchev–Trinajstić information content (AvgIpc) is 2.61. The zero-order chi connectivity index (χ0) is 17.8. The Morgan fingerprint density at radius 1 is 1.08 bits per heavy atom. The second kappa shape index (κ2) is 7.40. The highest BCUT2D eigenvalue weighted by atomic mass is 35.5. The number of nitrogen functional groups attached to an aromatic ring is 1. The highest BCUT2D eigenvalue weighted by Gasteiger charge is 2.12. The molecule has 0 saturated carbocycles. The Bertz CT molecular complexity index is 861. The Balaban J connectivity index is 1.79. The van der Waals surface area contributed by atoms with Crippen LogP contribution in [0.4, 0.5) is 11.5 Å². The summed E-state index contributed by atoms with van der Waals surface area (Å²) < 4.78 is 5.84. The second-order valence-electron chi connectivity index (χ2n) is 5.75. The molecule has 0 amide bonds. The lowest BCUT2D eigenvalue weighted by Gasteiger charge is -2.13. The molecule has 0 atom stereocenters. The summed E-state index contributed by atoms with van der Waals surface area (Å²) in [4.78, 5) is 8.34. The number of nitrogens with two attached hydrogens (primary N) is 1. The van der Waals surface area contributed by atoms with Crippen LogP contribution in [-0.2, 0) is 6.54 Å². The van der Waals surface area contributed by atoms with E-state index in [1.807, 2.05) is 56.3 Å². The van der Waals surface area contributed by atoms with Gasteiger partial charge in [-0.2, -0.15) is 4.98 Å².